The highest BCUT2D eigenvalue weighted by molar-refractivity contribution is 6.16. The minimum Gasteiger partial charge on any atom is -0.350 e. The van der Waals surface area contributed by atoms with Gasteiger partial charge in [0.1, 0.15) is 0 Å². The molecule has 0 spiro atoms. The molecule has 0 radical (unpaired) electrons. The van der Waals surface area contributed by atoms with Crippen LogP contribution in [0.4, 0.5) is 5.69 Å². The second kappa shape index (κ2) is 7.84. The number of carbonyl (C=O) groups excluding carboxylic acids is 3. The lowest BCUT2D eigenvalue weighted by Crippen LogP contribution is -2.70. The topological polar surface area (TPSA) is 69.7 Å². The number of amides is 3. The Kier molecular flexibility index (Phi) is 5.00. The van der Waals surface area contributed by atoms with Crippen molar-refractivity contribution in [1.82, 2.24) is 10.2 Å². The summed E-state index contributed by atoms with van der Waals surface area (Å²) in [5.41, 5.74) is 0.614. The van der Waals surface area contributed by atoms with Gasteiger partial charge in [-0.15, -0.1) is 0 Å². The maximum Gasteiger partial charge on any atom is 0.267 e. The van der Waals surface area contributed by atoms with Gasteiger partial charge in [0.15, 0.2) is 0 Å². The van der Waals surface area contributed by atoms with E-state index in [4.69, 9.17) is 0 Å². The number of nitrogens with zero attached hydrogens (tertiary/aromatic N) is 2. The molecule has 0 bridgehead atoms. The van der Waals surface area contributed by atoms with E-state index >= 15 is 0 Å². The van der Waals surface area contributed by atoms with Gasteiger partial charge >= 0.3 is 0 Å². The predicted molar refractivity (Wildman–Crippen MR) is 117 cm³/mol. The number of nitrogens with one attached hydrogen (secondary N) is 1. The third-order valence-corrected chi connectivity index (χ3v) is 6.86. The van der Waals surface area contributed by atoms with Crippen molar-refractivity contribution < 1.29 is 14.4 Å². The SMILES string of the molecule is O=C1c2ccccc2N2C(=O)CC[C@@]2(C(=O)NC2CCCCC2)N1Cc1ccccc1. The van der Waals surface area contributed by atoms with Gasteiger partial charge in [0, 0.05) is 25.4 Å². The van der Waals surface area contributed by atoms with Crippen molar-refractivity contribution in [2.45, 2.75) is 63.2 Å². The molecule has 1 aliphatic carbocycles. The van der Waals surface area contributed by atoms with Crippen LogP contribution in [0.3, 0.4) is 0 Å². The highest BCUT2D eigenvalue weighted by Crippen LogP contribution is 2.45. The molecule has 6 heteroatoms. The van der Waals surface area contributed by atoms with Crippen LogP contribution in [0.2, 0.25) is 0 Å². The fourth-order valence-corrected chi connectivity index (χ4v) is 5.32. The lowest BCUT2D eigenvalue weighted by atomic mass is 9.92. The quantitative estimate of drug-likeness (QED) is 0.826. The Morgan fingerprint density at radius 2 is 1.68 bits per heavy atom. The molecule has 0 unspecified atom stereocenters. The third kappa shape index (κ3) is 3.21. The largest absolute Gasteiger partial charge is 0.350 e. The second-order valence-corrected chi connectivity index (χ2v) is 8.75. The first kappa shape index (κ1) is 19.8. The highest BCUT2D eigenvalue weighted by atomic mass is 16.2. The summed E-state index contributed by atoms with van der Waals surface area (Å²) >= 11 is 0. The molecule has 1 saturated carbocycles. The molecule has 1 atom stereocenters. The van der Waals surface area contributed by atoms with Crippen molar-refractivity contribution >= 4 is 23.4 Å². The molecule has 1 N–H and O–H groups in total. The first-order valence-electron chi connectivity index (χ1n) is 11.2. The number of anilines is 1. The van der Waals surface area contributed by atoms with E-state index in [1.54, 1.807) is 28.0 Å². The van der Waals surface area contributed by atoms with E-state index in [1.165, 1.54) is 6.42 Å². The summed E-state index contributed by atoms with van der Waals surface area (Å²) in [6, 6.07) is 16.9. The van der Waals surface area contributed by atoms with Crippen LogP contribution >= 0.6 is 0 Å². The molecule has 3 amide bonds. The lowest BCUT2D eigenvalue weighted by Gasteiger charge is -2.49. The molecule has 2 fully saturated rings. The molecule has 0 aromatic heterocycles. The zero-order valence-corrected chi connectivity index (χ0v) is 17.5. The zero-order chi connectivity index (χ0) is 21.4. The number of hydrogen-bond acceptors (Lipinski definition) is 3. The van der Waals surface area contributed by atoms with Crippen molar-refractivity contribution in [3.63, 3.8) is 0 Å². The van der Waals surface area contributed by atoms with Gasteiger partial charge in [-0.05, 0) is 30.5 Å². The number of carbonyl (C=O) groups is 3. The first-order chi connectivity index (χ1) is 15.1. The van der Waals surface area contributed by atoms with Crippen LogP contribution in [0.5, 0.6) is 0 Å². The summed E-state index contributed by atoms with van der Waals surface area (Å²) in [5.74, 6) is -0.551. The van der Waals surface area contributed by atoms with Crippen molar-refractivity contribution in [3.05, 3.63) is 65.7 Å². The van der Waals surface area contributed by atoms with Crippen LogP contribution in [-0.2, 0) is 16.1 Å². The van der Waals surface area contributed by atoms with Crippen LogP contribution in [0.15, 0.2) is 54.6 Å². The maximum atomic E-state index is 13.9. The molecule has 6 nitrogen and oxygen atoms in total. The van der Waals surface area contributed by atoms with Gasteiger partial charge < -0.3 is 10.2 Å². The Hall–Kier alpha value is -3.15. The van der Waals surface area contributed by atoms with E-state index in [9.17, 15) is 14.4 Å². The van der Waals surface area contributed by atoms with Crippen LogP contribution in [0.1, 0.15) is 60.9 Å². The van der Waals surface area contributed by atoms with Crippen LogP contribution in [-0.4, -0.2) is 34.3 Å². The van der Waals surface area contributed by atoms with Gasteiger partial charge in [0.25, 0.3) is 11.8 Å². The number of fused-ring (bicyclic) bond motifs is 3. The van der Waals surface area contributed by atoms with E-state index in [1.807, 2.05) is 36.4 Å². The average Bonchev–Trinajstić information content (AvgIpc) is 3.16. The molecular formula is C25H27N3O3. The van der Waals surface area contributed by atoms with Crippen LogP contribution < -0.4 is 10.2 Å². The Morgan fingerprint density at radius 1 is 0.968 bits per heavy atom. The Balaban J connectivity index is 1.60. The van der Waals surface area contributed by atoms with E-state index in [0.717, 1.165) is 31.2 Å². The molecule has 2 aromatic rings. The zero-order valence-electron chi connectivity index (χ0n) is 17.5. The van der Waals surface area contributed by atoms with Crippen LogP contribution in [0.25, 0.3) is 0 Å². The molecule has 2 aromatic carbocycles. The molecule has 5 rings (SSSR count). The van der Waals surface area contributed by atoms with E-state index in [0.29, 0.717) is 17.7 Å². The molecule has 160 valence electrons. The minimum atomic E-state index is -1.32. The fraction of sp³-hybridized carbons (Fsp3) is 0.400. The van der Waals surface area contributed by atoms with Gasteiger partial charge in [-0.1, -0.05) is 61.7 Å². The average molecular weight is 418 g/mol. The smallest absolute Gasteiger partial charge is 0.267 e. The van der Waals surface area contributed by atoms with Crippen molar-refractivity contribution in [1.29, 1.82) is 0 Å². The fourth-order valence-electron chi connectivity index (χ4n) is 5.32. The maximum absolute atomic E-state index is 13.9. The predicted octanol–water partition coefficient (Wildman–Crippen LogP) is 3.61. The van der Waals surface area contributed by atoms with Gasteiger partial charge in [0.05, 0.1) is 11.3 Å². The Morgan fingerprint density at radius 3 is 2.45 bits per heavy atom. The van der Waals surface area contributed by atoms with Gasteiger partial charge in [-0.25, -0.2) is 0 Å². The minimum absolute atomic E-state index is 0.0963. The molecule has 2 heterocycles. The number of para-hydroxylation sites is 1. The summed E-state index contributed by atoms with van der Waals surface area (Å²) < 4.78 is 0. The second-order valence-electron chi connectivity index (χ2n) is 8.75. The van der Waals surface area contributed by atoms with E-state index in [-0.39, 0.29) is 36.7 Å². The van der Waals surface area contributed by atoms with Gasteiger partial charge in [-0.2, -0.15) is 0 Å². The number of hydrogen-bond donors (Lipinski definition) is 1. The van der Waals surface area contributed by atoms with Crippen molar-refractivity contribution in [2.75, 3.05) is 4.90 Å². The lowest BCUT2D eigenvalue weighted by molar-refractivity contribution is -0.134. The summed E-state index contributed by atoms with van der Waals surface area (Å²) in [6.45, 7) is 0.274. The monoisotopic (exact) mass is 417 g/mol. The normalized spacial score (nSPS) is 23.5. The summed E-state index contributed by atoms with van der Waals surface area (Å²) in [7, 11) is 0. The molecular weight excluding hydrogens is 390 g/mol. The van der Waals surface area contributed by atoms with Crippen molar-refractivity contribution in [3.8, 4) is 0 Å². The Labute approximate surface area is 182 Å². The number of benzene rings is 2. The van der Waals surface area contributed by atoms with Gasteiger partial charge in [-0.3, -0.25) is 19.3 Å². The standard InChI is InChI=1S/C25H27N3O3/c29-22-15-16-25(24(31)26-19-11-5-2-6-12-19)27(17-18-9-3-1-4-10-18)23(30)20-13-7-8-14-21(20)28(22)25/h1,3-4,7-10,13-14,19H,2,5-6,11-12,15-17H2,(H,26,31)/t25-/m1/s1. The summed E-state index contributed by atoms with van der Waals surface area (Å²) in [6.07, 6.45) is 5.81. The summed E-state index contributed by atoms with van der Waals surface area (Å²) in [4.78, 5) is 43.8. The van der Waals surface area contributed by atoms with Crippen LogP contribution in [0, 0.1) is 0 Å². The van der Waals surface area contributed by atoms with E-state index < -0.39 is 5.66 Å². The Bertz CT molecular complexity index is 1020. The first-order valence-corrected chi connectivity index (χ1v) is 11.2. The van der Waals surface area contributed by atoms with E-state index in [2.05, 4.69) is 5.32 Å². The molecule has 3 aliphatic rings. The molecule has 2 aliphatic heterocycles. The summed E-state index contributed by atoms with van der Waals surface area (Å²) in [5, 5.41) is 3.21. The highest BCUT2D eigenvalue weighted by Gasteiger charge is 2.60. The number of rotatable bonds is 4. The van der Waals surface area contributed by atoms with Gasteiger partial charge in [0.2, 0.25) is 11.6 Å². The van der Waals surface area contributed by atoms with Crippen molar-refractivity contribution in [2.24, 2.45) is 0 Å². The third-order valence-electron chi connectivity index (χ3n) is 6.86. The molecule has 31 heavy (non-hydrogen) atoms. The molecule has 1 saturated heterocycles.